The van der Waals surface area contributed by atoms with Gasteiger partial charge in [0.15, 0.2) is 9.84 Å². The van der Waals surface area contributed by atoms with Crippen molar-refractivity contribution >= 4 is 9.84 Å². The van der Waals surface area contributed by atoms with Crippen molar-refractivity contribution in [3.63, 3.8) is 0 Å². The van der Waals surface area contributed by atoms with Crippen LogP contribution in [-0.2, 0) is 9.84 Å². The molecule has 10 heavy (non-hydrogen) atoms. The van der Waals surface area contributed by atoms with Crippen molar-refractivity contribution in [2.75, 3.05) is 6.26 Å². The maximum absolute atomic E-state index is 10.8. The zero-order chi connectivity index (χ0) is 7.61. The van der Waals surface area contributed by atoms with E-state index in [-0.39, 0.29) is 4.90 Å². The first-order valence-electron chi connectivity index (χ1n) is 2.63. The summed E-state index contributed by atoms with van der Waals surface area (Å²) in [5, 5.41) is 0. The predicted octanol–water partition coefficient (Wildman–Crippen LogP) is 0.285. The van der Waals surface area contributed by atoms with E-state index in [9.17, 15) is 8.42 Å². The third-order valence-corrected chi connectivity index (χ3v) is 2.11. The van der Waals surface area contributed by atoms with Gasteiger partial charge in [-0.15, -0.1) is 0 Å². The third-order valence-electron chi connectivity index (χ3n) is 1.02. The average Bonchev–Trinajstić information content (AvgIpc) is 1.88. The van der Waals surface area contributed by atoms with Crippen LogP contribution in [0.15, 0.2) is 23.2 Å². The highest BCUT2D eigenvalue weighted by Crippen LogP contribution is 2.03. The molecule has 1 rings (SSSR count). The van der Waals surface area contributed by atoms with E-state index in [0.717, 1.165) is 6.26 Å². The van der Waals surface area contributed by atoms with Crippen molar-refractivity contribution in [1.29, 1.82) is 0 Å². The molecule has 0 N–H and O–H groups in total. The van der Waals surface area contributed by atoms with Gasteiger partial charge in [0.2, 0.25) is 0 Å². The van der Waals surface area contributed by atoms with Gasteiger partial charge in [0.1, 0.15) is 0 Å². The van der Waals surface area contributed by atoms with Gasteiger partial charge in [-0.3, -0.25) is 4.98 Å². The normalized spacial score (nSPS) is 11.3. The maximum Gasteiger partial charge on any atom is 0.177 e. The zero-order valence-electron chi connectivity index (χ0n) is 5.40. The lowest BCUT2D eigenvalue weighted by Gasteiger charge is -1.92. The van der Waals surface area contributed by atoms with Gasteiger partial charge in [-0.1, -0.05) is 0 Å². The van der Waals surface area contributed by atoms with E-state index < -0.39 is 9.84 Å². The van der Waals surface area contributed by atoms with Crippen molar-refractivity contribution < 1.29 is 8.42 Å². The summed E-state index contributed by atoms with van der Waals surface area (Å²) in [6, 6.07) is 2.93. The van der Waals surface area contributed by atoms with Gasteiger partial charge in [-0.25, -0.2) is 8.42 Å². The van der Waals surface area contributed by atoms with E-state index in [1.165, 1.54) is 18.3 Å². The standard InChI is InChI=1S/C6H6NO2S/c1-10(8,9)6-3-2-4-7-5-6/h2-3,5H,1H3. The number of rotatable bonds is 1. The molecule has 0 aliphatic rings. The molecule has 1 aromatic heterocycles. The summed E-state index contributed by atoms with van der Waals surface area (Å²) in [6.07, 6.45) is 4.91. The Bertz CT molecular complexity index is 304. The molecule has 4 heteroatoms. The summed E-state index contributed by atoms with van der Waals surface area (Å²) in [5.41, 5.74) is 0. The molecule has 0 spiro atoms. The first-order chi connectivity index (χ1) is 4.61. The lowest BCUT2D eigenvalue weighted by Crippen LogP contribution is -1.96. The number of aromatic nitrogens is 1. The Balaban J connectivity index is 3.22. The fourth-order valence-corrected chi connectivity index (χ4v) is 1.09. The van der Waals surface area contributed by atoms with Crippen LogP contribution in [-0.4, -0.2) is 19.7 Å². The summed E-state index contributed by atoms with van der Waals surface area (Å²) >= 11 is 0. The third kappa shape index (κ3) is 1.54. The monoisotopic (exact) mass is 156 g/mol. The largest absolute Gasteiger partial charge is 0.253 e. The van der Waals surface area contributed by atoms with E-state index in [4.69, 9.17) is 0 Å². The molecule has 0 atom stereocenters. The van der Waals surface area contributed by atoms with Crippen LogP contribution in [0, 0.1) is 6.20 Å². The van der Waals surface area contributed by atoms with Gasteiger partial charge < -0.3 is 0 Å². The second-order valence-corrected chi connectivity index (χ2v) is 3.91. The minimum absolute atomic E-state index is 0.228. The Hall–Kier alpha value is -0.900. The maximum atomic E-state index is 10.8. The quantitative estimate of drug-likeness (QED) is 0.587. The second-order valence-electron chi connectivity index (χ2n) is 1.90. The zero-order valence-corrected chi connectivity index (χ0v) is 6.22. The van der Waals surface area contributed by atoms with E-state index in [2.05, 4.69) is 11.2 Å². The highest BCUT2D eigenvalue weighted by atomic mass is 32.2. The van der Waals surface area contributed by atoms with Gasteiger partial charge in [0, 0.05) is 12.5 Å². The molecule has 0 saturated carbocycles. The van der Waals surface area contributed by atoms with Crippen LogP contribution in [0.2, 0.25) is 0 Å². The molecule has 0 bridgehead atoms. The minimum Gasteiger partial charge on any atom is -0.253 e. The fraction of sp³-hybridized carbons (Fsp3) is 0.167. The number of hydrogen-bond acceptors (Lipinski definition) is 3. The molecule has 0 aromatic carbocycles. The van der Waals surface area contributed by atoms with Crippen molar-refractivity contribution in [2.45, 2.75) is 4.90 Å². The SMILES string of the molecule is CS(=O)(=O)c1cc[c]nc1. The highest BCUT2D eigenvalue weighted by molar-refractivity contribution is 7.90. The first-order valence-corrected chi connectivity index (χ1v) is 4.52. The molecular formula is C6H6NO2S. The summed E-state index contributed by atoms with van der Waals surface area (Å²) < 4.78 is 21.6. The lowest BCUT2D eigenvalue weighted by atomic mass is 10.5. The number of pyridine rings is 1. The van der Waals surface area contributed by atoms with Crippen LogP contribution >= 0.6 is 0 Å². The Kier molecular flexibility index (Phi) is 1.72. The molecular weight excluding hydrogens is 150 g/mol. The van der Waals surface area contributed by atoms with Gasteiger partial charge in [0.05, 0.1) is 11.1 Å². The Morgan fingerprint density at radius 3 is 2.60 bits per heavy atom. The van der Waals surface area contributed by atoms with Gasteiger partial charge >= 0.3 is 0 Å². The van der Waals surface area contributed by atoms with Gasteiger partial charge in [-0.05, 0) is 12.1 Å². The Labute approximate surface area is 59.6 Å². The molecule has 53 valence electrons. The Morgan fingerprint density at radius 2 is 2.30 bits per heavy atom. The van der Waals surface area contributed by atoms with Crippen LogP contribution in [0.3, 0.4) is 0 Å². The smallest absolute Gasteiger partial charge is 0.177 e. The van der Waals surface area contributed by atoms with E-state index >= 15 is 0 Å². The summed E-state index contributed by atoms with van der Waals surface area (Å²) in [5.74, 6) is 0. The van der Waals surface area contributed by atoms with Crippen molar-refractivity contribution in [2.24, 2.45) is 0 Å². The van der Waals surface area contributed by atoms with Crippen molar-refractivity contribution in [3.8, 4) is 0 Å². The summed E-state index contributed by atoms with van der Waals surface area (Å²) in [7, 11) is -3.09. The first kappa shape index (κ1) is 7.21. The fourth-order valence-electron chi connectivity index (χ4n) is 0.526. The van der Waals surface area contributed by atoms with E-state index in [1.807, 2.05) is 0 Å². The molecule has 1 aromatic rings. The van der Waals surface area contributed by atoms with Crippen LogP contribution in [0.4, 0.5) is 0 Å². The average molecular weight is 156 g/mol. The van der Waals surface area contributed by atoms with Gasteiger partial charge in [-0.2, -0.15) is 0 Å². The van der Waals surface area contributed by atoms with E-state index in [0.29, 0.717) is 0 Å². The molecule has 0 aliphatic carbocycles. The summed E-state index contributed by atoms with van der Waals surface area (Å²) in [6.45, 7) is 0. The van der Waals surface area contributed by atoms with Crippen LogP contribution in [0.1, 0.15) is 0 Å². The van der Waals surface area contributed by atoms with Crippen molar-refractivity contribution in [1.82, 2.24) is 4.98 Å². The summed E-state index contributed by atoms with van der Waals surface area (Å²) in [4.78, 5) is 3.77. The number of nitrogens with zero attached hydrogens (tertiary/aromatic N) is 1. The molecule has 0 amide bonds. The number of sulfone groups is 1. The van der Waals surface area contributed by atoms with Crippen LogP contribution in [0.25, 0.3) is 0 Å². The molecule has 3 nitrogen and oxygen atoms in total. The van der Waals surface area contributed by atoms with Crippen molar-refractivity contribution in [3.05, 3.63) is 24.5 Å². The highest BCUT2D eigenvalue weighted by Gasteiger charge is 2.04. The van der Waals surface area contributed by atoms with Crippen LogP contribution < -0.4 is 0 Å². The lowest BCUT2D eigenvalue weighted by molar-refractivity contribution is 0.601. The molecule has 0 fully saturated rings. The van der Waals surface area contributed by atoms with Gasteiger partial charge in [0.25, 0.3) is 0 Å². The predicted molar refractivity (Wildman–Crippen MR) is 36.2 cm³/mol. The topological polar surface area (TPSA) is 47.0 Å². The second kappa shape index (κ2) is 2.38. The molecule has 0 unspecified atom stereocenters. The molecule has 1 radical (unpaired) electrons. The number of hydrogen-bond donors (Lipinski definition) is 0. The van der Waals surface area contributed by atoms with E-state index in [1.54, 1.807) is 0 Å². The van der Waals surface area contributed by atoms with Crippen LogP contribution in [0.5, 0.6) is 0 Å². The Morgan fingerprint density at radius 1 is 1.60 bits per heavy atom. The molecule has 0 saturated heterocycles. The molecule has 0 aliphatic heterocycles. The minimum atomic E-state index is -3.09. The molecule has 1 heterocycles.